The highest BCUT2D eigenvalue weighted by Gasteiger charge is 2.15. The van der Waals surface area contributed by atoms with E-state index in [0.717, 1.165) is 12.8 Å². The van der Waals surface area contributed by atoms with Gasteiger partial charge in [0.15, 0.2) is 0 Å². The van der Waals surface area contributed by atoms with Crippen molar-refractivity contribution in [1.29, 1.82) is 0 Å². The molecule has 0 heterocycles. The molecule has 0 aliphatic carbocycles. The standard InChI is InChI=1S/C21H34ClNO2/c1-4-5-6-7-8-9-10-11-12-13-17(2)23-21(24)19-16-18(22)14-15-20(19)25-3/h14-17H,4-13H2,1-3H3,(H,23,24)/t17-/m1/s1. The lowest BCUT2D eigenvalue weighted by molar-refractivity contribution is 0.0935. The average Bonchev–Trinajstić information content (AvgIpc) is 2.60. The predicted octanol–water partition coefficient (Wildman–Crippen LogP) is 6.39. The van der Waals surface area contributed by atoms with E-state index in [0.29, 0.717) is 16.3 Å². The van der Waals surface area contributed by atoms with Crippen LogP contribution in [0.15, 0.2) is 18.2 Å². The zero-order valence-corrected chi connectivity index (χ0v) is 16.8. The molecule has 0 radical (unpaired) electrons. The molecule has 0 saturated heterocycles. The second kappa shape index (κ2) is 13.0. The molecule has 1 atom stereocenters. The molecule has 0 fully saturated rings. The van der Waals surface area contributed by atoms with Gasteiger partial charge in [0, 0.05) is 11.1 Å². The summed E-state index contributed by atoms with van der Waals surface area (Å²) in [5, 5.41) is 3.59. The van der Waals surface area contributed by atoms with Crippen LogP contribution in [0.5, 0.6) is 5.75 Å². The minimum absolute atomic E-state index is 0.122. The van der Waals surface area contributed by atoms with E-state index in [2.05, 4.69) is 19.2 Å². The zero-order chi connectivity index (χ0) is 18.5. The first-order valence-electron chi connectivity index (χ1n) is 9.72. The van der Waals surface area contributed by atoms with E-state index >= 15 is 0 Å². The fourth-order valence-corrected chi connectivity index (χ4v) is 3.16. The van der Waals surface area contributed by atoms with Crippen LogP contribution in [0.2, 0.25) is 5.02 Å². The summed E-state index contributed by atoms with van der Waals surface area (Å²) in [7, 11) is 1.56. The van der Waals surface area contributed by atoms with Crippen LogP contribution in [0, 0.1) is 0 Å². The highest BCUT2D eigenvalue weighted by molar-refractivity contribution is 6.31. The molecule has 3 nitrogen and oxygen atoms in total. The Morgan fingerprint density at radius 2 is 1.68 bits per heavy atom. The molecule has 0 spiro atoms. The van der Waals surface area contributed by atoms with E-state index < -0.39 is 0 Å². The molecule has 25 heavy (non-hydrogen) atoms. The Kier molecular flexibility index (Phi) is 11.4. The Morgan fingerprint density at radius 1 is 1.08 bits per heavy atom. The zero-order valence-electron chi connectivity index (χ0n) is 16.1. The molecule has 0 aliphatic rings. The van der Waals surface area contributed by atoms with Gasteiger partial charge in [-0.2, -0.15) is 0 Å². The number of unbranched alkanes of at least 4 members (excludes halogenated alkanes) is 8. The van der Waals surface area contributed by atoms with Crippen LogP contribution in [0.3, 0.4) is 0 Å². The van der Waals surface area contributed by atoms with Gasteiger partial charge in [-0.25, -0.2) is 0 Å². The van der Waals surface area contributed by atoms with Crippen LogP contribution in [-0.4, -0.2) is 19.1 Å². The van der Waals surface area contributed by atoms with Crippen molar-refractivity contribution in [2.75, 3.05) is 7.11 Å². The van der Waals surface area contributed by atoms with Gasteiger partial charge in [-0.15, -0.1) is 0 Å². The van der Waals surface area contributed by atoms with Crippen molar-refractivity contribution in [2.45, 2.75) is 84.1 Å². The molecular formula is C21H34ClNO2. The van der Waals surface area contributed by atoms with Gasteiger partial charge in [-0.3, -0.25) is 4.79 Å². The van der Waals surface area contributed by atoms with Crippen molar-refractivity contribution in [2.24, 2.45) is 0 Å². The minimum Gasteiger partial charge on any atom is -0.496 e. The summed E-state index contributed by atoms with van der Waals surface area (Å²) in [6.07, 6.45) is 12.8. The number of hydrogen-bond acceptors (Lipinski definition) is 2. The summed E-state index contributed by atoms with van der Waals surface area (Å²) in [5.74, 6) is 0.431. The van der Waals surface area contributed by atoms with Crippen molar-refractivity contribution < 1.29 is 9.53 Å². The summed E-state index contributed by atoms with van der Waals surface area (Å²) in [6, 6.07) is 5.26. The van der Waals surface area contributed by atoms with Crippen LogP contribution < -0.4 is 10.1 Å². The molecule has 142 valence electrons. The van der Waals surface area contributed by atoms with Crippen molar-refractivity contribution in [1.82, 2.24) is 5.32 Å². The third kappa shape index (κ3) is 9.15. The molecule has 1 amide bonds. The summed E-state index contributed by atoms with van der Waals surface area (Å²) in [5.41, 5.74) is 0.494. The lowest BCUT2D eigenvalue weighted by Gasteiger charge is -2.15. The number of hydrogen-bond donors (Lipinski definition) is 1. The molecule has 1 aromatic carbocycles. The molecule has 1 aromatic rings. The number of carbonyl (C=O) groups excluding carboxylic acids is 1. The molecule has 4 heteroatoms. The molecule has 0 unspecified atom stereocenters. The number of benzene rings is 1. The van der Waals surface area contributed by atoms with Gasteiger partial charge in [0.2, 0.25) is 0 Å². The van der Waals surface area contributed by atoms with E-state index in [1.807, 2.05) is 0 Å². The number of halogens is 1. The second-order valence-electron chi connectivity index (χ2n) is 6.84. The van der Waals surface area contributed by atoms with Crippen LogP contribution in [0.4, 0.5) is 0 Å². The third-order valence-electron chi connectivity index (χ3n) is 4.52. The van der Waals surface area contributed by atoms with Crippen LogP contribution in [0.1, 0.15) is 88.4 Å². The Morgan fingerprint density at radius 3 is 2.28 bits per heavy atom. The van der Waals surface area contributed by atoms with E-state index in [1.54, 1.807) is 25.3 Å². The number of nitrogens with one attached hydrogen (secondary N) is 1. The molecule has 0 saturated carbocycles. The molecule has 0 aliphatic heterocycles. The number of carbonyl (C=O) groups is 1. The van der Waals surface area contributed by atoms with Crippen molar-refractivity contribution in [3.05, 3.63) is 28.8 Å². The monoisotopic (exact) mass is 367 g/mol. The summed E-state index contributed by atoms with van der Waals surface area (Å²) >= 11 is 5.99. The van der Waals surface area contributed by atoms with Crippen LogP contribution in [0.25, 0.3) is 0 Å². The highest BCUT2D eigenvalue weighted by Crippen LogP contribution is 2.22. The second-order valence-corrected chi connectivity index (χ2v) is 7.27. The normalized spacial score (nSPS) is 12.0. The Bertz CT molecular complexity index is 505. The first-order valence-corrected chi connectivity index (χ1v) is 10.1. The van der Waals surface area contributed by atoms with E-state index in [1.165, 1.54) is 51.4 Å². The van der Waals surface area contributed by atoms with Gasteiger partial charge in [-0.05, 0) is 31.5 Å². The van der Waals surface area contributed by atoms with Crippen molar-refractivity contribution in [3.8, 4) is 5.75 Å². The van der Waals surface area contributed by atoms with Gasteiger partial charge in [0.25, 0.3) is 5.91 Å². The number of amides is 1. The van der Waals surface area contributed by atoms with Gasteiger partial charge < -0.3 is 10.1 Å². The Balaban J connectivity index is 2.21. The lowest BCUT2D eigenvalue weighted by atomic mass is 10.0. The molecule has 0 aromatic heterocycles. The smallest absolute Gasteiger partial charge is 0.255 e. The van der Waals surface area contributed by atoms with E-state index in [-0.39, 0.29) is 11.9 Å². The summed E-state index contributed by atoms with van der Waals surface area (Å²) in [6.45, 7) is 4.31. The minimum atomic E-state index is -0.122. The number of ether oxygens (including phenoxy) is 1. The van der Waals surface area contributed by atoms with Gasteiger partial charge in [0.05, 0.1) is 12.7 Å². The van der Waals surface area contributed by atoms with E-state index in [9.17, 15) is 4.79 Å². The van der Waals surface area contributed by atoms with Crippen LogP contribution >= 0.6 is 11.6 Å². The Labute approximate surface area is 158 Å². The average molecular weight is 368 g/mol. The maximum atomic E-state index is 12.4. The predicted molar refractivity (Wildman–Crippen MR) is 107 cm³/mol. The number of methoxy groups -OCH3 is 1. The van der Waals surface area contributed by atoms with Gasteiger partial charge >= 0.3 is 0 Å². The quantitative estimate of drug-likeness (QED) is 0.410. The van der Waals surface area contributed by atoms with Gasteiger partial charge in [0.1, 0.15) is 5.75 Å². The molecular weight excluding hydrogens is 334 g/mol. The molecule has 0 bridgehead atoms. The number of rotatable bonds is 13. The maximum Gasteiger partial charge on any atom is 0.255 e. The fraction of sp³-hybridized carbons (Fsp3) is 0.667. The largest absolute Gasteiger partial charge is 0.496 e. The Hall–Kier alpha value is -1.22. The van der Waals surface area contributed by atoms with Crippen molar-refractivity contribution >= 4 is 17.5 Å². The lowest BCUT2D eigenvalue weighted by Crippen LogP contribution is -2.32. The third-order valence-corrected chi connectivity index (χ3v) is 4.76. The maximum absolute atomic E-state index is 12.4. The SMILES string of the molecule is CCCCCCCCCCC[C@@H](C)NC(=O)c1cc(Cl)ccc1OC. The first kappa shape index (κ1) is 21.8. The van der Waals surface area contributed by atoms with E-state index in [4.69, 9.17) is 16.3 Å². The molecule has 1 rings (SSSR count). The highest BCUT2D eigenvalue weighted by atomic mass is 35.5. The fourth-order valence-electron chi connectivity index (χ4n) is 2.99. The summed E-state index contributed by atoms with van der Waals surface area (Å²) < 4.78 is 5.24. The first-order chi connectivity index (χ1) is 12.1. The van der Waals surface area contributed by atoms with Gasteiger partial charge in [-0.1, -0.05) is 76.3 Å². The molecule has 1 N–H and O–H groups in total. The van der Waals surface area contributed by atoms with Crippen LogP contribution in [-0.2, 0) is 0 Å². The summed E-state index contributed by atoms with van der Waals surface area (Å²) in [4.78, 5) is 12.4. The topological polar surface area (TPSA) is 38.3 Å². The van der Waals surface area contributed by atoms with Crippen molar-refractivity contribution in [3.63, 3.8) is 0 Å².